The lowest BCUT2D eigenvalue weighted by atomic mass is 9.96. The number of carbonyl (C=O) groups is 1. The van der Waals surface area contributed by atoms with Crippen LogP contribution in [-0.2, 0) is 21.4 Å². The number of pyridine rings is 1. The summed E-state index contributed by atoms with van der Waals surface area (Å²) in [6.07, 6.45) is 2.42. The lowest BCUT2D eigenvalue weighted by Gasteiger charge is -2.33. The fourth-order valence-electron chi connectivity index (χ4n) is 4.21. The number of piperidine rings is 1. The maximum atomic E-state index is 13.7. The van der Waals surface area contributed by atoms with E-state index in [4.69, 9.17) is 11.6 Å². The van der Waals surface area contributed by atoms with Gasteiger partial charge >= 0.3 is 0 Å². The molecule has 5 rings (SSSR count). The molecule has 1 amide bonds. The number of rotatable bonds is 6. The smallest absolute Gasteiger partial charge is 0.243 e. The van der Waals surface area contributed by atoms with Crippen molar-refractivity contribution in [3.8, 4) is 0 Å². The number of fused-ring (bicyclic) bond motifs is 1. The highest BCUT2D eigenvalue weighted by Gasteiger charge is 2.35. The molecule has 1 aliphatic heterocycles. The van der Waals surface area contributed by atoms with Gasteiger partial charge < -0.3 is 0 Å². The van der Waals surface area contributed by atoms with E-state index < -0.39 is 10.0 Å². The zero-order valence-corrected chi connectivity index (χ0v) is 21.4. The van der Waals surface area contributed by atoms with Crippen molar-refractivity contribution in [1.82, 2.24) is 14.3 Å². The first-order valence-corrected chi connectivity index (χ1v) is 14.0. The molecule has 4 aromatic rings. The minimum absolute atomic E-state index is 0.149. The van der Waals surface area contributed by atoms with Crippen LogP contribution in [-0.4, -0.2) is 41.7 Å². The molecule has 0 radical (unpaired) electrons. The zero-order chi connectivity index (χ0) is 25.3. The summed E-state index contributed by atoms with van der Waals surface area (Å²) >= 11 is 7.14. The molecule has 1 aliphatic rings. The molecule has 186 valence electrons. The summed E-state index contributed by atoms with van der Waals surface area (Å²) in [6, 6.07) is 15.9. The van der Waals surface area contributed by atoms with Gasteiger partial charge in [0.25, 0.3) is 0 Å². The Bertz CT molecular complexity index is 1490. The maximum absolute atomic E-state index is 13.7. The monoisotopic (exact) mass is 544 g/mol. The normalized spacial score (nSPS) is 15.3. The molecule has 0 atom stereocenters. The Labute approximate surface area is 217 Å². The molecule has 7 nitrogen and oxygen atoms in total. The molecule has 2 aromatic carbocycles. The van der Waals surface area contributed by atoms with Crippen LogP contribution in [0.2, 0.25) is 5.02 Å². The number of aromatic nitrogens is 2. The third-order valence-electron chi connectivity index (χ3n) is 6.14. The molecular formula is C25H22ClFN4O3S2. The molecule has 2 aromatic heterocycles. The van der Waals surface area contributed by atoms with Gasteiger partial charge in [0.1, 0.15) is 5.82 Å². The quantitative estimate of drug-likeness (QED) is 0.336. The lowest BCUT2D eigenvalue weighted by Crippen LogP contribution is -2.44. The molecule has 11 heteroatoms. The second-order valence-electron chi connectivity index (χ2n) is 8.49. The number of hydrogen-bond acceptors (Lipinski definition) is 6. The van der Waals surface area contributed by atoms with E-state index in [1.807, 2.05) is 12.1 Å². The Morgan fingerprint density at radius 1 is 1.11 bits per heavy atom. The van der Waals surface area contributed by atoms with Crippen LogP contribution in [0, 0.1) is 11.7 Å². The van der Waals surface area contributed by atoms with Crippen molar-refractivity contribution < 1.29 is 17.6 Å². The molecule has 0 spiro atoms. The van der Waals surface area contributed by atoms with Gasteiger partial charge in [0.2, 0.25) is 15.9 Å². The van der Waals surface area contributed by atoms with Crippen molar-refractivity contribution in [2.45, 2.75) is 24.3 Å². The SMILES string of the molecule is O=C(C1CCN(S(=O)(=O)c2ccc(Cl)cc2)CC1)N(Cc1ccccn1)c1nc2ccc(F)cc2s1. The van der Waals surface area contributed by atoms with Crippen LogP contribution in [0.3, 0.4) is 0 Å². The number of hydrogen-bond donors (Lipinski definition) is 0. The number of thiazole rings is 1. The topological polar surface area (TPSA) is 83.5 Å². The first-order chi connectivity index (χ1) is 17.3. The van der Waals surface area contributed by atoms with Gasteiger partial charge in [-0.25, -0.2) is 17.8 Å². The Balaban J connectivity index is 1.37. The van der Waals surface area contributed by atoms with E-state index in [9.17, 15) is 17.6 Å². The first-order valence-electron chi connectivity index (χ1n) is 11.3. The Kier molecular flexibility index (Phi) is 7.03. The van der Waals surface area contributed by atoms with Crippen molar-refractivity contribution in [3.05, 3.63) is 83.4 Å². The van der Waals surface area contributed by atoms with E-state index in [2.05, 4.69) is 9.97 Å². The minimum Gasteiger partial charge on any atom is -0.282 e. The van der Waals surface area contributed by atoms with E-state index in [-0.39, 0.29) is 42.2 Å². The molecule has 1 fully saturated rings. The highest BCUT2D eigenvalue weighted by atomic mass is 35.5. The van der Waals surface area contributed by atoms with Gasteiger partial charge in [-0.1, -0.05) is 29.0 Å². The lowest BCUT2D eigenvalue weighted by molar-refractivity contribution is -0.123. The van der Waals surface area contributed by atoms with Gasteiger partial charge in [0.05, 0.1) is 27.4 Å². The molecule has 36 heavy (non-hydrogen) atoms. The number of carbonyl (C=O) groups excluding carboxylic acids is 1. The standard InChI is InChI=1S/C25H22ClFN4O3S2/c26-18-4-7-21(8-5-18)36(33,34)30-13-10-17(11-14-30)24(32)31(16-20-3-1-2-12-28-20)25-29-22-9-6-19(27)15-23(22)35-25/h1-9,12,15,17H,10-11,13-14,16H2. The molecule has 1 saturated heterocycles. The van der Waals surface area contributed by atoms with Crippen molar-refractivity contribution in [2.24, 2.45) is 5.92 Å². The Morgan fingerprint density at radius 3 is 2.56 bits per heavy atom. The van der Waals surface area contributed by atoms with Crippen molar-refractivity contribution in [1.29, 1.82) is 0 Å². The van der Waals surface area contributed by atoms with Crippen LogP contribution in [0.15, 0.2) is 71.8 Å². The summed E-state index contributed by atoms with van der Waals surface area (Å²) in [5.41, 5.74) is 1.30. The van der Waals surface area contributed by atoms with Crippen LogP contribution in [0.25, 0.3) is 10.2 Å². The minimum atomic E-state index is -3.68. The fourth-order valence-corrected chi connectivity index (χ4v) is 6.81. The number of sulfonamides is 1. The van der Waals surface area contributed by atoms with E-state index in [1.54, 1.807) is 35.4 Å². The van der Waals surface area contributed by atoms with E-state index in [1.165, 1.54) is 39.9 Å². The molecular weight excluding hydrogens is 523 g/mol. The largest absolute Gasteiger partial charge is 0.282 e. The molecule has 0 bridgehead atoms. The van der Waals surface area contributed by atoms with Gasteiger partial charge in [-0.15, -0.1) is 0 Å². The van der Waals surface area contributed by atoms with Crippen LogP contribution in [0.5, 0.6) is 0 Å². The van der Waals surface area contributed by atoms with E-state index in [0.29, 0.717) is 38.9 Å². The van der Waals surface area contributed by atoms with Crippen molar-refractivity contribution in [2.75, 3.05) is 18.0 Å². The predicted molar refractivity (Wildman–Crippen MR) is 138 cm³/mol. The van der Waals surface area contributed by atoms with Crippen molar-refractivity contribution >= 4 is 54.2 Å². The fraction of sp³-hybridized carbons (Fsp3) is 0.240. The molecule has 0 aliphatic carbocycles. The van der Waals surface area contributed by atoms with Crippen LogP contribution >= 0.6 is 22.9 Å². The summed E-state index contributed by atoms with van der Waals surface area (Å²) in [6.45, 7) is 0.666. The van der Waals surface area contributed by atoms with Gasteiger partial charge in [-0.2, -0.15) is 4.31 Å². The molecule has 0 unspecified atom stereocenters. The summed E-state index contributed by atoms with van der Waals surface area (Å²) in [5.74, 6) is -0.896. The third kappa shape index (κ3) is 5.12. The van der Waals surface area contributed by atoms with Gasteiger partial charge in [0.15, 0.2) is 5.13 Å². The molecule has 0 saturated carbocycles. The number of nitrogens with zero attached hydrogens (tertiary/aromatic N) is 4. The molecule has 0 N–H and O–H groups in total. The average Bonchev–Trinajstić information content (AvgIpc) is 3.31. The Hall–Kier alpha value is -2.92. The summed E-state index contributed by atoms with van der Waals surface area (Å²) < 4.78 is 41.9. The first kappa shape index (κ1) is 24.8. The summed E-state index contributed by atoms with van der Waals surface area (Å²) in [5, 5.41) is 0.923. The number of amides is 1. The highest BCUT2D eigenvalue weighted by molar-refractivity contribution is 7.89. The van der Waals surface area contributed by atoms with Crippen molar-refractivity contribution in [3.63, 3.8) is 0 Å². The van der Waals surface area contributed by atoms with Crippen LogP contribution in [0.4, 0.5) is 9.52 Å². The average molecular weight is 545 g/mol. The number of benzene rings is 2. The van der Waals surface area contributed by atoms with Crippen LogP contribution < -0.4 is 4.90 Å². The Morgan fingerprint density at radius 2 is 1.86 bits per heavy atom. The van der Waals surface area contributed by atoms with Gasteiger partial charge in [-0.05, 0) is 67.4 Å². The van der Waals surface area contributed by atoms with Gasteiger partial charge in [0, 0.05) is 30.2 Å². The number of halogens is 2. The highest BCUT2D eigenvalue weighted by Crippen LogP contribution is 2.33. The zero-order valence-electron chi connectivity index (χ0n) is 19.0. The predicted octanol–water partition coefficient (Wildman–Crippen LogP) is 5.12. The van der Waals surface area contributed by atoms with Crippen LogP contribution in [0.1, 0.15) is 18.5 Å². The maximum Gasteiger partial charge on any atom is 0.243 e. The van der Waals surface area contributed by atoms with Gasteiger partial charge in [-0.3, -0.25) is 14.7 Å². The van der Waals surface area contributed by atoms with E-state index in [0.717, 1.165) is 0 Å². The summed E-state index contributed by atoms with van der Waals surface area (Å²) in [7, 11) is -3.68. The summed E-state index contributed by atoms with van der Waals surface area (Å²) in [4.78, 5) is 24.4. The third-order valence-corrected chi connectivity index (χ3v) is 9.34. The molecule has 3 heterocycles. The second kappa shape index (κ2) is 10.2. The van der Waals surface area contributed by atoms with E-state index >= 15 is 0 Å². The number of anilines is 1. The second-order valence-corrected chi connectivity index (χ2v) is 11.9.